The Labute approximate surface area is 254 Å². The predicted octanol–water partition coefficient (Wildman–Crippen LogP) is 9.92. The minimum Gasteiger partial charge on any atom is -0.493 e. The average molecular weight is 581 g/mol. The van der Waals surface area contributed by atoms with Crippen molar-refractivity contribution in [2.45, 2.75) is 30.8 Å². The van der Waals surface area contributed by atoms with Crippen molar-refractivity contribution in [1.82, 2.24) is 0 Å². The molecule has 4 aromatic rings. The van der Waals surface area contributed by atoms with E-state index in [0.29, 0.717) is 13.2 Å². The van der Waals surface area contributed by atoms with Crippen molar-refractivity contribution in [1.29, 1.82) is 0 Å². The molecule has 0 heterocycles. The van der Waals surface area contributed by atoms with Gasteiger partial charge in [0, 0.05) is 28.4 Å². The third kappa shape index (κ3) is 9.34. The van der Waals surface area contributed by atoms with Gasteiger partial charge in [0.05, 0.1) is 13.2 Å². The molecule has 212 valence electrons. The molecule has 4 aromatic carbocycles. The van der Waals surface area contributed by atoms with E-state index in [4.69, 9.17) is 9.47 Å². The zero-order valence-corrected chi connectivity index (χ0v) is 25.8. The van der Waals surface area contributed by atoms with Crippen molar-refractivity contribution in [2.75, 3.05) is 24.7 Å². The molecule has 0 amide bonds. The SMILES string of the molecule is C=Cc1ccc(CSCCOc2ccc(C(C)(C)c3ccc(OCCSCc4ccc(C=C)cc4)cc3)cc2)cc1. The second-order valence-electron chi connectivity index (χ2n) is 10.4. The second kappa shape index (κ2) is 15.6. The van der Waals surface area contributed by atoms with E-state index < -0.39 is 0 Å². The summed E-state index contributed by atoms with van der Waals surface area (Å²) in [6.07, 6.45) is 3.74. The van der Waals surface area contributed by atoms with Crippen LogP contribution < -0.4 is 9.47 Å². The highest BCUT2D eigenvalue weighted by molar-refractivity contribution is 7.98. The van der Waals surface area contributed by atoms with Crippen LogP contribution in [0.5, 0.6) is 11.5 Å². The summed E-state index contributed by atoms with van der Waals surface area (Å²) in [5.41, 5.74) is 7.36. The quantitative estimate of drug-likeness (QED) is 0.123. The molecular formula is C37H40O2S2. The first-order valence-electron chi connectivity index (χ1n) is 14.0. The standard InChI is InChI=1S/C37H40O2S2/c1-5-29-7-11-31(12-8-29)27-40-25-23-38-35-19-15-33(16-20-35)37(3,4)34-17-21-36(22-18-34)39-24-26-41-28-32-13-9-30(6-2)10-14-32/h5-22H,1-2,23-28H2,3-4H3. The lowest BCUT2D eigenvalue weighted by atomic mass is 9.78. The van der Waals surface area contributed by atoms with Gasteiger partial charge in [-0.1, -0.05) is 112 Å². The van der Waals surface area contributed by atoms with E-state index in [2.05, 4.69) is 124 Å². The van der Waals surface area contributed by atoms with Crippen molar-refractivity contribution in [2.24, 2.45) is 0 Å². The molecule has 0 bridgehead atoms. The third-order valence-electron chi connectivity index (χ3n) is 7.11. The Hall–Kier alpha value is -3.34. The van der Waals surface area contributed by atoms with Crippen LogP contribution >= 0.6 is 23.5 Å². The second-order valence-corrected chi connectivity index (χ2v) is 12.6. The van der Waals surface area contributed by atoms with Crippen molar-refractivity contribution in [3.05, 3.63) is 144 Å². The molecule has 4 heteroatoms. The average Bonchev–Trinajstić information content (AvgIpc) is 3.02. The molecule has 0 aliphatic carbocycles. The normalized spacial score (nSPS) is 11.2. The van der Waals surface area contributed by atoms with Gasteiger partial charge < -0.3 is 9.47 Å². The van der Waals surface area contributed by atoms with Gasteiger partial charge in [-0.15, -0.1) is 0 Å². The van der Waals surface area contributed by atoms with Gasteiger partial charge in [-0.25, -0.2) is 0 Å². The van der Waals surface area contributed by atoms with Crippen molar-refractivity contribution < 1.29 is 9.47 Å². The minimum atomic E-state index is -0.120. The van der Waals surface area contributed by atoms with Gasteiger partial charge >= 0.3 is 0 Å². The molecule has 4 rings (SSSR count). The zero-order valence-electron chi connectivity index (χ0n) is 24.2. The van der Waals surface area contributed by atoms with Crippen LogP contribution in [0, 0.1) is 0 Å². The molecule has 0 saturated carbocycles. The van der Waals surface area contributed by atoms with E-state index in [1.807, 2.05) is 35.7 Å². The minimum absolute atomic E-state index is 0.120. The molecule has 0 fully saturated rings. The number of rotatable bonds is 16. The molecule has 0 N–H and O–H groups in total. The van der Waals surface area contributed by atoms with Gasteiger partial charge in [-0.2, -0.15) is 23.5 Å². The van der Waals surface area contributed by atoms with Crippen molar-refractivity contribution >= 4 is 35.7 Å². The number of hydrogen-bond donors (Lipinski definition) is 0. The van der Waals surface area contributed by atoms with E-state index >= 15 is 0 Å². The number of benzene rings is 4. The number of hydrogen-bond acceptors (Lipinski definition) is 4. The van der Waals surface area contributed by atoms with E-state index in [1.54, 1.807) is 0 Å². The molecular weight excluding hydrogens is 541 g/mol. The van der Waals surface area contributed by atoms with Gasteiger partial charge in [-0.3, -0.25) is 0 Å². The van der Waals surface area contributed by atoms with Crippen molar-refractivity contribution in [3.8, 4) is 11.5 Å². The van der Waals surface area contributed by atoms with Crippen LogP contribution in [-0.4, -0.2) is 24.7 Å². The summed E-state index contributed by atoms with van der Waals surface area (Å²) in [4.78, 5) is 0. The lowest BCUT2D eigenvalue weighted by molar-refractivity contribution is 0.343. The van der Waals surface area contributed by atoms with Crippen LogP contribution in [0.4, 0.5) is 0 Å². The highest BCUT2D eigenvalue weighted by atomic mass is 32.2. The Balaban J connectivity index is 1.17. The first kappa shape index (κ1) is 30.6. The van der Waals surface area contributed by atoms with Crippen LogP contribution in [0.15, 0.2) is 110 Å². The largest absolute Gasteiger partial charge is 0.493 e. The predicted molar refractivity (Wildman–Crippen MR) is 181 cm³/mol. The first-order chi connectivity index (χ1) is 20.0. The number of ether oxygens (including phenoxy) is 2. The summed E-state index contributed by atoms with van der Waals surface area (Å²) in [6, 6.07) is 34.1. The molecule has 41 heavy (non-hydrogen) atoms. The topological polar surface area (TPSA) is 18.5 Å². The Kier molecular flexibility index (Phi) is 11.7. The lowest BCUT2D eigenvalue weighted by Gasteiger charge is -2.26. The van der Waals surface area contributed by atoms with Gasteiger partial charge in [-0.05, 0) is 57.6 Å². The van der Waals surface area contributed by atoms with Crippen LogP contribution in [-0.2, 0) is 16.9 Å². The summed E-state index contributed by atoms with van der Waals surface area (Å²) in [5, 5.41) is 0. The van der Waals surface area contributed by atoms with Gasteiger partial charge in [0.15, 0.2) is 0 Å². The van der Waals surface area contributed by atoms with Gasteiger partial charge in [0.25, 0.3) is 0 Å². The molecule has 0 aromatic heterocycles. The number of thioether (sulfide) groups is 2. The molecule has 2 nitrogen and oxygen atoms in total. The molecule has 0 radical (unpaired) electrons. The van der Waals surface area contributed by atoms with E-state index in [-0.39, 0.29) is 5.41 Å². The maximum atomic E-state index is 6.00. The summed E-state index contributed by atoms with van der Waals surface area (Å²) < 4.78 is 12.0. The van der Waals surface area contributed by atoms with E-state index in [9.17, 15) is 0 Å². The zero-order chi connectivity index (χ0) is 28.9. The maximum absolute atomic E-state index is 6.00. The van der Waals surface area contributed by atoms with E-state index in [0.717, 1.165) is 45.6 Å². The fourth-order valence-electron chi connectivity index (χ4n) is 4.42. The third-order valence-corrected chi connectivity index (χ3v) is 9.10. The first-order valence-corrected chi connectivity index (χ1v) is 16.3. The molecule has 0 aliphatic heterocycles. The smallest absolute Gasteiger partial charge is 0.119 e. The molecule has 0 spiro atoms. The molecule has 0 aliphatic rings. The summed E-state index contributed by atoms with van der Waals surface area (Å²) in [5.74, 6) is 5.71. The Morgan fingerprint density at radius 1 is 0.561 bits per heavy atom. The van der Waals surface area contributed by atoms with Crippen molar-refractivity contribution in [3.63, 3.8) is 0 Å². The monoisotopic (exact) mass is 580 g/mol. The van der Waals surface area contributed by atoms with Crippen LogP contribution in [0.3, 0.4) is 0 Å². The van der Waals surface area contributed by atoms with Gasteiger partial charge in [0.2, 0.25) is 0 Å². The summed E-state index contributed by atoms with van der Waals surface area (Å²) in [6.45, 7) is 13.5. The molecule has 0 unspecified atom stereocenters. The Morgan fingerprint density at radius 2 is 0.927 bits per heavy atom. The lowest BCUT2D eigenvalue weighted by Crippen LogP contribution is -2.18. The fraction of sp³-hybridized carbons (Fsp3) is 0.243. The maximum Gasteiger partial charge on any atom is 0.119 e. The molecule has 0 saturated heterocycles. The summed E-state index contributed by atoms with van der Waals surface area (Å²) in [7, 11) is 0. The highest BCUT2D eigenvalue weighted by Gasteiger charge is 2.23. The fourth-order valence-corrected chi connectivity index (χ4v) is 5.97. The Morgan fingerprint density at radius 3 is 1.27 bits per heavy atom. The Bertz CT molecular complexity index is 1250. The highest BCUT2D eigenvalue weighted by Crippen LogP contribution is 2.33. The van der Waals surface area contributed by atoms with E-state index in [1.165, 1.54) is 22.3 Å². The molecule has 0 atom stereocenters. The van der Waals surface area contributed by atoms with Crippen LogP contribution in [0.25, 0.3) is 12.2 Å². The summed E-state index contributed by atoms with van der Waals surface area (Å²) >= 11 is 3.77. The van der Waals surface area contributed by atoms with Gasteiger partial charge in [0.1, 0.15) is 11.5 Å². The van der Waals surface area contributed by atoms with Crippen LogP contribution in [0.1, 0.15) is 47.2 Å². The van der Waals surface area contributed by atoms with Crippen LogP contribution in [0.2, 0.25) is 0 Å².